The number of hydrogen-bond donors (Lipinski definition) is 2. The number of aromatic nitrogens is 1. The van der Waals surface area contributed by atoms with E-state index >= 15 is 0 Å². The van der Waals surface area contributed by atoms with Gasteiger partial charge in [0.15, 0.2) is 0 Å². The van der Waals surface area contributed by atoms with Crippen molar-refractivity contribution in [2.45, 2.75) is 0 Å². The number of pyridine rings is 1. The van der Waals surface area contributed by atoms with Crippen LogP contribution in [0.2, 0.25) is 0 Å². The Kier molecular flexibility index (Phi) is 5.06. The number of hydrogen-bond acceptors (Lipinski definition) is 3. The Hall–Kier alpha value is -3.39. The van der Waals surface area contributed by atoms with Crippen LogP contribution in [-0.2, 0) is 0 Å². The van der Waals surface area contributed by atoms with E-state index in [0.29, 0.717) is 11.6 Å². The lowest BCUT2D eigenvalue weighted by atomic mass is 10.0. The van der Waals surface area contributed by atoms with E-state index in [0.717, 1.165) is 29.0 Å². The lowest BCUT2D eigenvalue weighted by Gasteiger charge is -2.16. The van der Waals surface area contributed by atoms with Gasteiger partial charge in [0, 0.05) is 29.8 Å². The zero-order chi connectivity index (χ0) is 20.6. The van der Waals surface area contributed by atoms with Crippen LogP contribution in [0.4, 0.5) is 13.2 Å². The first-order valence-corrected chi connectivity index (χ1v) is 8.15. The van der Waals surface area contributed by atoms with Crippen molar-refractivity contribution in [3.8, 4) is 5.69 Å². The van der Waals surface area contributed by atoms with Crippen molar-refractivity contribution in [3.05, 3.63) is 81.9 Å². The van der Waals surface area contributed by atoms with Gasteiger partial charge in [-0.1, -0.05) is 6.58 Å². The van der Waals surface area contributed by atoms with E-state index in [1.165, 1.54) is 6.07 Å². The molecule has 28 heavy (non-hydrogen) atoms. The first-order chi connectivity index (χ1) is 13.2. The van der Waals surface area contributed by atoms with Crippen LogP contribution in [-0.4, -0.2) is 29.2 Å². The molecule has 144 valence electrons. The van der Waals surface area contributed by atoms with Gasteiger partial charge >= 0.3 is 5.97 Å². The number of benzene rings is 2. The Balaban J connectivity index is 2.45. The third-order valence-electron chi connectivity index (χ3n) is 4.26. The van der Waals surface area contributed by atoms with Gasteiger partial charge < -0.3 is 15.0 Å². The standard InChI is InChI=1S/C20H15F3N2O3/c1-10(8-24-2)12-7-18-13(6-15(12)22)19(26)14(20(27)28)9-25(18)17-4-3-11(21)5-16(17)23/h3-7,9,24H,1,8H2,2H3,(H,27,28). The zero-order valence-corrected chi connectivity index (χ0v) is 14.7. The van der Waals surface area contributed by atoms with Gasteiger partial charge in [-0.2, -0.15) is 0 Å². The summed E-state index contributed by atoms with van der Waals surface area (Å²) in [7, 11) is 1.65. The fourth-order valence-electron chi connectivity index (χ4n) is 2.95. The number of carboxylic acid groups (broad SMARTS) is 1. The summed E-state index contributed by atoms with van der Waals surface area (Å²) >= 11 is 0. The van der Waals surface area contributed by atoms with Crippen molar-refractivity contribution < 1.29 is 23.1 Å². The highest BCUT2D eigenvalue weighted by Gasteiger charge is 2.20. The second-order valence-corrected chi connectivity index (χ2v) is 6.13. The number of rotatable bonds is 5. The van der Waals surface area contributed by atoms with Crippen LogP contribution in [0.3, 0.4) is 0 Å². The highest BCUT2D eigenvalue weighted by Crippen LogP contribution is 2.26. The number of nitrogens with one attached hydrogen (secondary N) is 1. The maximum Gasteiger partial charge on any atom is 0.341 e. The van der Waals surface area contributed by atoms with Crippen LogP contribution in [0.15, 0.2) is 47.9 Å². The topological polar surface area (TPSA) is 71.3 Å². The normalized spacial score (nSPS) is 11.0. The summed E-state index contributed by atoms with van der Waals surface area (Å²) in [6.07, 6.45) is 0.936. The van der Waals surface area contributed by atoms with Gasteiger partial charge in [0.05, 0.1) is 11.2 Å². The smallest absolute Gasteiger partial charge is 0.341 e. The Morgan fingerprint density at radius 2 is 1.86 bits per heavy atom. The Morgan fingerprint density at radius 1 is 1.14 bits per heavy atom. The second kappa shape index (κ2) is 7.32. The van der Waals surface area contributed by atoms with E-state index in [4.69, 9.17) is 0 Å². The first kappa shape index (κ1) is 19.4. The summed E-state index contributed by atoms with van der Waals surface area (Å²) in [5.41, 5.74) is -1.24. The first-order valence-electron chi connectivity index (χ1n) is 8.15. The largest absolute Gasteiger partial charge is 0.477 e. The van der Waals surface area contributed by atoms with E-state index in [1.807, 2.05) is 0 Å². The van der Waals surface area contributed by atoms with Gasteiger partial charge in [-0.25, -0.2) is 18.0 Å². The fourth-order valence-corrected chi connectivity index (χ4v) is 2.95. The van der Waals surface area contributed by atoms with Crippen molar-refractivity contribution in [3.63, 3.8) is 0 Å². The number of carboxylic acids is 1. The van der Waals surface area contributed by atoms with Gasteiger partial charge in [-0.3, -0.25) is 4.79 Å². The monoisotopic (exact) mass is 388 g/mol. The number of carbonyl (C=O) groups is 1. The number of fused-ring (bicyclic) bond motifs is 1. The Labute approximate surface area is 157 Å². The maximum absolute atomic E-state index is 14.6. The number of aromatic carboxylic acids is 1. The van der Waals surface area contributed by atoms with E-state index < -0.39 is 34.4 Å². The molecule has 0 spiro atoms. The van der Waals surface area contributed by atoms with E-state index in [2.05, 4.69) is 11.9 Å². The van der Waals surface area contributed by atoms with E-state index in [9.17, 15) is 27.9 Å². The molecule has 2 aromatic carbocycles. The van der Waals surface area contributed by atoms with Gasteiger partial charge in [-0.05, 0) is 36.9 Å². The molecular formula is C20H15F3N2O3. The molecule has 0 fully saturated rings. The summed E-state index contributed by atoms with van der Waals surface area (Å²) in [6.45, 7) is 4.03. The number of likely N-dealkylation sites (N-methyl/N-ethyl adjacent to an activating group) is 1. The molecule has 1 heterocycles. The lowest BCUT2D eigenvalue weighted by Crippen LogP contribution is -2.19. The summed E-state index contributed by atoms with van der Waals surface area (Å²) in [5.74, 6) is -4.11. The molecule has 0 aliphatic rings. The summed E-state index contributed by atoms with van der Waals surface area (Å²) in [4.78, 5) is 24.0. The quantitative estimate of drug-likeness (QED) is 0.703. The number of halogens is 3. The average Bonchev–Trinajstić information content (AvgIpc) is 2.62. The molecule has 0 saturated carbocycles. The van der Waals surface area contributed by atoms with E-state index in [-0.39, 0.29) is 28.7 Å². The lowest BCUT2D eigenvalue weighted by molar-refractivity contribution is 0.0695. The summed E-state index contributed by atoms with van der Waals surface area (Å²) in [5, 5.41) is 11.9. The molecular weight excluding hydrogens is 373 g/mol. The van der Waals surface area contributed by atoms with Gasteiger partial charge in [0.1, 0.15) is 23.0 Å². The zero-order valence-electron chi connectivity index (χ0n) is 14.7. The third kappa shape index (κ3) is 3.29. The van der Waals surface area contributed by atoms with Crippen LogP contribution in [0.1, 0.15) is 15.9 Å². The summed E-state index contributed by atoms with van der Waals surface area (Å²) < 4.78 is 43.3. The highest BCUT2D eigenvalue weighted by molar-refractivity contribution is 5.94. The van der Waals surface area contributed by atoms with Gasteiger partial charge in [-0.15, -0.1) is 0 Å². The minimum absolute atomic E-state index is 0.0640. The fraction of sp³-hybridized carbons (Fsp3) is 0.100. The Morgan fingerprint density at radius 3 is 2.46 bits per heavy atom. The average molecular weight is 388 g/mol. The van der Waals surface area contributed by atoms with E-state index in [1.54, 1.807) is 7.05 Å². The van der Waals surface area contributed by atoms with Crippen LogP contribution >= 0.6 is 0 Å². The molecule has 8 heteroatoms. The van der Waals surface area contributed by atoms with Crippen molar-refractivity contribution in [2.75, 3.05) is 13.6 Å². The van der Waals surface area contributed by atoms with Crippen molar-refractivity contribution in [2.24, 2.45) is 0 Å². The molecule has 0 radical (unpaired) electrons. The predicted octanol–water partition coefficient (Wildman–Crippen LogP) is 3.34. The van der Waals surface area contributed by atoms with Crippen molar-refractivity contribution in [1.82, 2.24) is 9.88 Å². The molecule has 3 rings (SSSR count). The third-order valence-corrected chi connectivity index (χ3v) is 4.26. The molecule has 2 N–H and O–H groups in total. The molecule has 1 aromatic heterocycles. The number of nitrogens with zero attached hydrogens (tertiary/aromatic N) is 1. The Bertz CT molecular complexity index is 1190. The SMILES string of the molecule is C=C(CNC)c1cc2c(cc1F)c(=O)c(C(=O)O)cn2-c1ccc(F)cc1F. The predicted molar refractivity (Wildman–Crippen MR) is 99.3 cm³/mol. The van der Waals surface area contributed by atoms with Crippen molar-refractivity contribution in [1.29, 1.82) is 0 Å². The van der Waals surface area contributed by atoms with Gasteiger partial charge in [0.25, 0.3) is 0 Å². The second-order valence-electron chi connectivity index (χ2n) is 6.13. The molecule has 0 aliphatic heterocycles. The van der Waals surface area contributed by atoms with Crippen LogP contribution < -0.4 is 10.7 Å². The van der Waals surface area contributed by atoms with Crippen molar-refractivity contribution >= 4 is 22.4 Å². The molecule has 0 bridgehead atoms. The molecule has 0 unspecified atom stereocenters. The minimum Gasteiger partial charge on any atom is -0.477 e. The van der Waals surface area contributed by atoms with Crippen LogP contribution in [0.25, 0.3) is 22.2 Å². The van der Waals surface area contributed by atoms with Gasteiger partial charge in [0.2, 0.25) is 5.43 Å². The molecule has 5 nitrogen and oxygen atoms in total. The molecule has 0 saturated heterocycles. The molecule has 0 amide bonds. The maximum atomic E-state index is 14.6. The minimum atomic E-state index is -1.55. The summed E-state index contributed by atoms with van der Waals surface area (Å²) in [6, 6.07) is 4.92. The van der Waals surface area contributed by atoms with Crippen LogP contribution in [0.5, 0.6) is 0 Å². The van der Waals surface area contributed by atoms with Crippen LogP contribution in [0, 0.1) is 17.5 Å². The molecule has 0 aliphatic carbocycles. The molecule has 0 atom stereocenters. The molecule has 3 aromatic rings. The highest BCUT2D eigenvalue weighted by atomic mass is 19.1.